The maximum Gasteiger partial charge on any atom is 0.259 e. The molecule has 0 spiro atoms. The van der Waals surface area contributed by atoms with E-state index in [0.29, 0.717) is 27.5 Å². The summed E-state index contributed by atoms with van der Waals surface area (Å²) in [4.78, 5) is 12.3. The van der Waals surface area contributed by atoms with Crippen LogP contribution in [0, 0.1) is 0 Å². The van der Waals surface area contributed by atoms with Crippen molar-refractivity contribution in [1.29, 1.82) is 0 Å². The lowest BCUT2D eigenvalue weighted by Crippen LogP contribution is -2.12. The van der Waals surface area contributed by atoms with Gasteiger partial charge in [0.05, 0.1) is 16.9 Å². The fourth-order valence-electron chi connectivity index (χ4n) is 1.99. The molecular weight excluding hydrogens is 276 g/mol. The Hall–Kier alpha value is -2.46. The lowest BCUT2D eigenvalue weighted by atomic mass is 10.1. The van der Waals surface area contributed by atoms with Crippen LogP contribution in [0.4, 0.5) is 11.4 Å². The summed E-state index contributed by atoms with van der Waals surface area (Å²) in [5.41, 5.74) is 7.88. The second kappa shape index (κ2) is 4.90. The molecule has 3 aromatic rings. The molecule has 0 fully saturated rings. The topological polar surface area (TPSA) is 68.3 Å². The molecule has 0 aliphatic rings. The molecule has 3 rings (SSSR count). The van der Waals surface area contributed by atoms with Gasteiger partial charge in [-0.25, -0.2) is 0 Å². The number of carbonyl (C=O) groups is 1. The van der Waals surface area contributed by atoms with E-state index < -0.39 is 0 Å². The zero-order valence-corrected chi connectivity index (χ0v) is 11.1. The molecule has 0 aliphatic carbocycles. The Morgan fingerprint density at radius 1 is 1.20 bits per heavy atom. The molecule has 0 aliphatic heterocycles. The summed E-state index contributed by atoms with van der Waals surface area (Å²) >= 11 is 5.82. The van der Waals surface area contributed by atoms with Crippen molar-refractivity contribution in [2.75, 3.05) is 11.1 Å². The quantitative estimate of drug-likeness (QED) is 0.702. The van der Waals surface area contributed by atoms with Crippen LogP contribution in [0.1, 0.15) is 10.4 Å². The fraction of sp³-hybridized carbons (Fsp3) is 0. The van der Waals surface area contributed by atoms with E-state index in [4.69, 9.17) is 21.8 Å². The molecule has 0 unspecified atom stereocenters. The van der Waals surface area contributed by atoms with Crippen LogP contribution in [0.2, 0.25) is 5.02 Å². The van der Waals surface area contributed by atoms with Gasteiger partial charge in [-0.2, -0.15) is 0 Å². The summed E-state index contributed by atoms with van der Waals surface area (Å²) < 4.78 is 5.34. The highest BCUT2D eigenvalue weighted by Crippen LogP contribution is 2.25. The third-order valence-corrected chi connectivity index (χ3v) is 3.22. The number of nitrogen functional groups attached to an aromatic ring is 1. The van der Waals surface area contributed by atoms with E-state index in [1.54, 1.807) is 18.2 Å². The summed E-state index contributed by atoms with van der Waals surface area (Å²) in [6.45, 7) is 0. The van der Waals surface area contributed by atoms with Gasteiger partial charge in [0.15, 0.2) is 0 Å². The molecule has 0 bridgehead atoms. The van der Waals surface area contributed by atoms with E-state index in [0.717, 1.165) is 5.39 Å². The molecule has 5 heteroatoms. The number of halogens is 1. The number of carbonyl (C=O) groups excluding carboxylic acids is 1. The van der Waals surface area contributed by atoms with Gasteiger partial charge in [-0.05, 0) is 24.3 Å². The summed E-state index contributed by atoms with van der Waals surface area (Å²) in [5.74, 6) is -0.274. The van der Waals surface area contributed by atoms with Gasteiger partial charge in [-0.3, -0.25) is 4.79 Å². The van der Waals surface area contributed by atoms with Gasteiger partial charge in [0, 0.05) is 10.4 Å². The minimum Gasteiger partial charge on any atom is -0.463 e. The smallest absolute Gasteiger partial charge is 0.259 e. The van der Waals surface area contributed by atoms with Crippen molar-refractivity contribution in [3.8, 4) is 0 Å². The molecule has 1 aromatic heterocycles. The molecule has 1 amide bonds. The number of benzene rings is 2. The Kier molecular flexibility index (Phi) is 3.08. The highest BCUT2D eigenvalue weighted by atomic mass is 35.5. The maximum absolute atomic E-state index is 12.3. The van der Waals surface area contributed by atoms with Crippen LogP contribution in [0.3, 0.4) is 0 Å². The van der Waals surface area contributed by atoms with Crippen LogP contribution in [-0.2, 0) is 0 Å². The number of rotatable bonds is 2. The van der Waals surface area contributed by atoms with Crippen molar-refractivity contribution >= 4 is 39.9 Å². The fourth-order valence-corrected chi connectivity index (χ4v) is 2.17. The zero-order chi connectivity index (χ0) is 14.1. The Balaban J connectivity index is 1.93. The number of hydrogen-bond acceptors (Lipinski definition) is 3. The first-order valence-corrected chi connectivity index (χ1v) is 6.35. The van der Waals surface area contributed by atoms with Crippen molar-refractivity contribution in [2.24, 2.45) is 0 Å². The predicted molar refractivity (Wildman–Crippen MR) is 80.0 cm³/mol. The molecule has 2 aromatic carbocycles. The number of nitrogens with one attached hydrogen (secondary N) is 1. The first-order valence-electron chi connectivity index (χ1n) is 5.98. The van der Waals surface area contributed by atoms with Crippen molar-refractivity contribution in [3.05, 3.63) is 59.3 Å². The molecule has 3 N–H and O–H groups in total. The van der Waals surface area contributed by atoms with Crippen molar-refractivity contribution in [3.63, 3.8) is 0 Å². The first kappa shape index (κ1) is 12.6. The summed E-state index contributed by atoms with van der Waals surface area (Å²) in [6.07, 6.45) is 1.44. The Labute approximate surface area is 120 Å². The van der Waals surface area contributed by atoms with E-state index in [1.165, 1.54) is 6.26 Å². The highest BCUT2D eigenvalue weighted by Gasteiger charge is 2.14. The van der Waals surface area contributed by atoms with Gasteiger partial charge in [-0.1, -0.05) is 29.8 Å². The number of fused-ring (bicyclic) bond motifs is 1. The molecule has 0 saturated carbocycles. The SMILES string of the molecule is Nc1cc(Cl)ccc1NC(=O)c1coc2ccccc12. The normalized spacial score (nSPS) is 10.7. The lowest BCUT2D eigenvalue weighted by Gasteiger charge is -2.07. The molecule has 4 nitrogen and oxygen atoms in total. The molecule has 100 valence electrons. The predicted octanol–water partition coefficient (Wildman–Crippen LogP) is 3.92. The van der Waals surface area contributed by atoms with Crippen LogP contribution in [0.5, 0.6) is 0 Å². The Morgan fingerprint density at radius 2 is 2.00 bits per heavy atom. The molecule has 0 atom stereocenters. The van der Waals surface area contributed by atoms with Gasteiger partial charge in [0.2, 0.25) is 0 Å². The molecule has 0 radical (unpaired) electrons. The van der Waals surface area contributed by atoms with Gasteiger partial charge >= 0.3 is 0 Å². The number of para-hydroxylation sites is 1. The minimum atomic E-state index is -0.274. The van der Waals surface area contributed by atoms with Gasteiger partial charge in [-0.15, -0.1) is 0 Å². The zero-order valence-electron chi connectivity index (χ0n) is 10.4. The maximum atomic E-state index is 12.3. The third kappa shape index (κ3) is 2.21. The van der Waals surface area contributed by atoms with Crippen molar-refractivity contribution < 1.29 is 9.21 Å². The second-order valence-electron chi connectivity index (χ2n) is 4.33. The number of hydrogen-bond donors (Lipinski definition) is 2. The summed E-state index contributed by atoms with van der Waals surface area (Å²) in [6, 6.07) is 12.3. The molecular formula is C15H11ClN2O2. The van der Waals surface area contributed by atoms with Crippen LogP contribution in [0.25, 0.3) is 11.0 Å². The van der Waals surface area contributed by atoms with E-state index in [-0.39, 0.29) is 5.91 Å². The van der Waals surface area contributed by atoms with Crippen molar-refractivity contribution in [1.82, 2.24) is 0 Å². The monoisotopic (exact) mass is 286 g/mol. The summed E-state index contributed by atoms with van der Waals surface area (Å²) in [5, 5.41) is 4.03. The van der Waals surface area contributed by atoms with E-state index in [2.05, 4.69) is 5.32 Å². The van der Waals surface area contributed by atoms with E-state index in [9.17, 15) is 4.79 Å². The standard InChI is InChI=1S/C15H11ClN2O2/c16-9-5-6-13(12(17)7-9)18-15(19)11-8-20-14-4-2-1-3-10(11)14/h1-8H,17H2,(H,18,19). The van der Waals surface area contributed by atoms with E-state index >= 15 is 0 Å². The number of anilines is 2. The largest absolute Gasteiger partial charge is 0.463 e. The first-order chi connectivity index (χ1) is 9.65. The van der Waals surface area contributed by atoms with Gasteiger partial charge in [0.25, 0.3) is 5.91 Å². The number of furan rings is 1. The van der Waals surface area contributed by atoms with Crippen molar-refractivity contribution in [2.45, 2.75) is 0 Å². The van der Waals surface area contributed by atoms with Gasteiger partial charge < -0.3 is 15.5 Å². The third-order valence-electron chi connectivity index (χ3n) is 2.99. The van der Waals surface area contributed by atoms with Crippen LogP contribution in [0.15, 0.2) is 53.1 Å². The highest BCUT2D eigenvalue weighted by molar-refractivity contribution is 6.31. The number of nitrogens with two attached hydrogens (primary N) is 1. The Morgan fingerprint density at radius 3 is 2.80 bits per heavy atom. The molecule has 1 heterocycles. The average Bonchev–Trinajstić information content (AvgIpc) is 2.86. The molecule has 0 saturated heterocycles. The lowest BCUT2D eigenvalue weighted by molar-refractivity contribution is 0.102. The van der Waals surface area contributed by atoms with Crippen LogP contribution in [-0.4, -0.2) is 5.91 Å². The summed E-state index contributed by atoms with van der Waals surface area (Å²) in [7, 11) is 0. The van der Waals surface area contributed by atoms with E-state index in [1.807, 2.05) is 24.3 Å². The Bertz CT molecular complexity index is 795. The second-order valence-corrected chi connectivity index (χ2v) is 4.77. The number of amides is 1. The van der Waals surface area contributed by atoms with Gasteiger partial charge in [0.1, 0.15) is 11.8 Å². The van der Waals surface area contributed by atoms with Crippen LogP contribution < -0.4 is 11.1 Å². The van der Waals surface area contributed by atoms with Crippen LogP contribution >= 0.6 is 11.6 Å². The average molecular weight is 287 g/mol. The minimum absolute atomic E-state index is 0.274. The molecule has 20 heavy (non-hydrogen) atoms.